The Morgan fingerprint density at radius 1 is 1.04 bits per heavy atom. The van der Waals surface area contributed by atoms with Gasteiger partial charge in [-0.3, -0.25) is 14.5 Å². The number of nitrogens with zero attached hydrogens (tertiary/aromatic N) is 1. The first-order chi connectivity index (χ1) is 13.7. The quantitative estimate of drug-likeness (QED) is 0.507. The van der Waals surface area contributed by atoms with Crippen LogP contribution in [0.5, 0.6) is 0 Å². The van der Waals surface area contributed by atoms with E-state index in [4.69, 9.17) is 0 Å². The lowest BCUT2D eigenvalue weighted by Crippen LogP contribution is -2.29. The summed E-state index contributed by atoms with van der Waals surface area (Å²) in [5.74, 6) is -0.218. The zero-order valence-corrected chi connectivity index (χ0v) is 17.1. The number of allylic oxidation sites excluding steroid dienone is 2. The van der Waals surface area contributed by atoms with Crippen molar-refractivity contribution in [1.82, 2.24) is 4.90 Å². The molecule has 2 fully saturated rings. The van der Waals surface area contributed by atoms with Crippen LogP contribution >= 0.6 is 11.3 Å². The number of hydrogen-bond donors (Lipinski definition) is 0. The highest BCUT2D eigenvalue weighted by atomic mass is 32.1. The minimum atomic E-state index is -0.126. The fourth-order valence-corrected chi connectivity index (χ4v) is 5.03. The molecule has 0 N–H and O–H groups in total. The predicted molar refractivity (Wildman–Crippen MR) is 114 cm³/mol. The van der Waals surface area contributed by atoms with Gasteiger partial charge in [0.05, 0.1) is 5.57 Å². The molecule has 144 valence electrons. The van der Waals surface area contributed by atoms with Gasteiger partial charge in [0.2, 0.25) is 0 Å². The maximum Gasteiger partial charge on any atom is 0.261 e. The van der Waals surface area contributed by atoms with Gasteiger partial charge >= 0.3 is 0 Å². The van der Waals surface area contributed by atoms with Gasteiger partial charge in [-0.25, -0.2) is 0 Å². The zero-order chi connectivity index (χ0) is 19.5. The van der Waals surface area contributed by atoms with E-state index in [1.165, 1.54) is 32.9 Å². The fourth-order valence-electron chi connectivity index (χ4n) is 4.10. The second kappa shape index (κ2) is 8.27. The topological polar surface area (TPSA) is 37.4 Å². The molecule has 1 aliphatic heterocycles. The second-order valence-electron chi connectivity index (χ2n) is 7.40. The van der Waals surface area contributed by atoms with Crippen molar-refractivity contribution in [3.63, 3.8) is 0 Å². The monoisotopic (exact) mass is 391 g/mol. The maximum atomic E-state index is 12.9. The van der Waals surface area contributed by atoms with Crippen LogP contribution in [0.1, 0.15) is 44.6 Å². The number of carbonyl (C=O) groups is 2. The number of likely N-dealkylation sites (N-methyl/N-ethyl adjacent to an activating group) is 1. The highest BCUT2D eigenvalue weighted by Gasteiger charge is 2.39. The van der Waals surface area contributed by atoms with E-state index < -0.39 is 0 Å². The van der Waals surface area contributed by atoms with Gasteiger partial charge in [0.1, 0.15) is 0 Å². The third-order valence-corrected chi connectivity index (χ3v) is 6.61. The van der Waals surface area contributed by atoms with Gasteiger partial charge in [0, 0.05) is 17.0 Å². The molecular weight excluding hydrogens is 366 g/mol. The number of likely N-dealkylation sites (tertiary alicyclic amines) is 1. The standard InChI is InChI=1S/C24H25NO2S/c1-2-25-23(26)20(22(24(25)27)19-11-7-4-8-12-19)14-13-17-15-21(28-16-17)18-9-5-3-6-10-18/h3,5-6,9-10,14-16H,2,4,7-8,11-13H2,1H3. The van der Waals surface area contributed by atoms with Gasteiger partial charge in [-0.15, -0.1) is 11.3 Å². The Bertz CT molecular complexity index is 944. The minimum absolute atomic E-state index is 0.0917. The van der Waals surface area contributed by atoms with E-state index >= 15 is 0 Å². The van der Waals surface area contributed by atoms with Gasteiger partial charge in [-0.2, -0.15) is 0 Å². The Hall–Kier alpha value is -2.46. The SMILES string of the molecule is CCN1C(=O)C(=CCc2csc(-c3ccccc3)c2)C(=C2CCCCC2)C1=O. The third kappa shape index (κ3) is 3.61. The van der Waals surface area contributed by atoms with Crippen molar-refractivity contribution >= 4 is 23.2 Å². The maximum absolute atomic E-state index is 12.9. The van der Waals surface area contributed by atoms with Gasteiger partial charge in [-0.05, 0) is 61.6 Å². The van der Waals surface area contributed by atoms with Crippen LogP contribution in [0.2, 0.25) is 0 Å². The Kier molecular flexibility index (Phi) is 5.58. The molecule has 1 saturated carbocycles. The van der Waals surface area contributed by atoms with E-state index in [9.17, 15) is 9.59 Å². The highest BCUT2D eigenvalue weighted by molar-refractivity contribution is 7.13. The molecule has 0 radical (unpaired) electrons. The Morgan fingerprint density at radius 3 is 2.50 bits per heavy atom. The largest absolute Gasteiger partial charge is 0.275 e. The summed E-state index contributed by atoms with van der Waals surface area (Å²) in [6.45, 7) is 2.30. The lowest BCUT2D eigenvalue weighted by Gasteiger charge is -2.16. The first-order valence-electron chi connectivity index (χ1n) is 10.1. The van der Waals surface area contributed by atoms with Crippen LogP contribution in [-0.2, 0) is 16.0 Å². The molecule has 0 unspecified atom stereocenters. The van der Waals surface area contributed by atoms with Gasteiger partial charge in [0.25, 0.3) is 11.8 Å². The van der Waals surface area contributed by atoms with E-state index in [-0.39, 0.29) is 11.8 Å². The molecule has 2 heterocycles. The molecule has 4 heteroatoms. The summed E-state index contributed by atoms with van der Waals surface area (Å²) in [6.07, 6.45) is 7.98. The first kappa shape index (κ1) is 18.9. The van der Waals surface area contributed by atoms with Crippen molar-refractivity contribution in [2.45, 2.75) is 45.4 Å². The summed E-state index contributed by atoms with van der Waals surface area (Å²) in [4.78, 5) is 28.3. The highest BCUT2D eigenvalue weighted by Crippen LogP contribution is 2.35. The predicted octanol–water partition coefficient (Wildman–Crippen LogP) is 5.53. The molecule has 1 aliphatic carbocycles. The molecule has 0 bridgehead atoms. The zero-order valence-electron chi connectivity index (χ0n) is 16.2. The molecular formula is C24H25NO2S. The molecule has 1 aromatic heterocycles. The Morgan fingerprint density at radius 2 is 1.79 bits per heavy atom. The van der Waals surface area contributed by atoms with Crippen LogP contribution in [0.25, 0.3) is 10.4 Å². The number of imide groups is 1. The van der Waals surface area contributed by atoms with Crippen LogP contribution in [0.3, 0.4) is 0 Å². The third-order valence-electron chi connectivity index (χ3n) is 5.58. The molecule has 2 amide bonds. The van der Waals surface area contributed by atoms with Crippen molar-refractivity contribution in [2.75, 3.05) is 6.54 Å². The molecule has 1 aromatic carbocycles. The van der Waals surface area contributed by atoms with Crippen molar-refractivity contribution in [3.8, 4) is 10.4 Å². The molecule has 1 saturated heterocycles. The van der Waals surface area contributed by atoms with Crippen molar-refractivity contribution in [2.24, 2.45) is 0 Å². The number of hydrogen-bond acceptors (Lipinski definition) is 3. The summed E-state index contributed by atoms with van der Waals surface area (Å²) in [5.41, 5.74) is 4.89. The average molecular weight is 392 g/mol. The van der Waals surface area contributed by atoms with E-state index in [0.717, 1.165) is 25.7 Å². The summed E-state index contributed by atoms with van der Waals surface area (Å²) >= 11 is 1.72. The van der Waals surface area contributed by atoms with E-state index in [1.54, 1.807) is 11.3 Å². The van der Waals surface area contributed by atoms with Crippen LogP contribution in [0.4, 0.5) is 0 Å². The van der Waals surface area contributed by atoms with Crippen molar-refractivity contribution in [3.05, 3.63) is 70.1 Å². The number of thiophene rings is 1. The van der Waals surface area contributed by atoms with Gasteiger partial charge < -0.3 is 0 Å². The summed E-state index contributed by atoms with van der Waals surface area (Å²) < 4.78 is 0. The number of benzene rings is 1. The molecule has 4 rings (SSSR count). The molecule has 2 aromatic rings. The van der Waals surface area contributed by atoms with Gasteiger partial charge in [-0.1, -0.05) is 48.4 Å². The molecule has 0 atom stereocenters. The molecule has 28 heavy (non-hydrogen) atoms. The van der Waals surface area contributed by atoms with Crippen LogP contribution in [-0.4, -0.2) is 23.3 Å². The van der Waals surface area contributed by atoms with Crippen LogP contribution < -0.4 is 0 Å². The summed E-state index contributed by atoms with van der Waals surface area (Å²) in [6, 6.07) is 12.5. The minimum Gasteiger partial charge on any atom is -0.275 e. The van der Waals surface area contributed by atoms with E-state index in [2.05, 4.69) is 23.6 Å². The molecule has 0 spiro atoms. The van der Waals surface area contributed by atoms with Gasteiger partial charge in [0.15, 0.2) is 0 Å². The molecule has 2 aliphatic rings. The molecule has 3 nitrogen and oxygen atoms in total. The summed E-state index contributed by atoms with van der Waals surface area (Å²) in [7, 11) is 0. The van der Waals surface area contributed by atoms with E-state index in [1.807, 2.05) is 31.2 Å². The normalized spacial score (nSPS) is 19.2. The number of rotatable bonds is 4. The van der Waals surface area contributed by atoms with Crippen LogP contribution in [0.15, 0.2) is 64.6 Å². The van der Waals surface area contributed by atoms with Crippen molar-refractivity contribution < 1.29 is 9.59 Å². The lowest BCUT2D eigenvalue weighted by molar-refractivity contribution is -0.136. The van der Waals surface area contributed by atoms with E-state index in [0.29, 0.717) is 24.1 Å². The first-order valence-corrected chi connectivity index (χ1v) is 11.0. The Labute approximate surface area is 170 Å². The summed E-state index contributed by atoms with van der Waals surface area (Å²) in [5, 5.41) is 2.14. The van der Waals surface area contributed by atoms with Crippen LogP contribution in [0, 0.1) is 0 Å². The number of amides is 2. The Balaban J connectivity index is 1.62. The lowest BCUT2D eigenvalue weighted by atomic mass is 9.88. The second-order valence-corrected chi connectivity index (χ2v) is 8.31. The average Bonchev–Trinajstić information content (AvgIpc) is 3.30. The number of carbonyl (C=O) groups excluding carboxylic acids is 2. The van der Waals surface area contributed by atoms with Crippen molar-refractivity contribution in [1.29, 1.82) is 0 Å². The fraction of sp³-hybridized carbons (Fsp3) is 0.333. The smallest absolute Gasteiger partial charge is 0.261 e.